The van der Waals surface area contributed by atoms with E-state index in [0.717, 1.165) is 37.9 Å². The first-order chi connectivity index (χ1) is 7.76. The first-order valence-corrected chi connectivity index (χ1v) is 6.72. The summed E-state index contributed by atoms with van der Waals surface area (Å²) >= 11 is 1.74. The van der Waals surface area contributed by atoms with Crippen LogP contribution < -0.4 is 5.32 Å². The summed E-state index contributed by atoms with van der Waals surface area (Å²) in [6, 6.07) is 0.474. The first-order valence-electron chi connectivity index (χ1n) is 5.84. The summed E-state index contributed by atoms with van der Waals surface area (Å²) in [5.41, 5.74) is 1.12. The molecular weight excluding hydrogens is 216 g/mol. The van der Waals surface area contributed by atoms with Gasteiger partial charge in [0.1, 0.15) is 0 Å². The Hall–Kier alpha value is -0.850. The van der Waals surface area contributed by atoms with Crippen molar-refractivity contribution in [2.45, 2.75) is 45.6 Å². The summed E-state index contributed by atoms with van der Waals surface area (Å²) in [4.78, 5) is 4.49. The molecule has 0 aliphatic rings. The van der Waals surface area contributed by atoms with Crippen molar-refractivity contribution in [3.63, 3.8) is 0 Å². The highest BCUT2D eigenvalue weighted by Gasteiger charge is 2.10. The second-order valence-corrected chi connectivity index (χ2v) is 4.92. The van der Waals surface area contributed by atoms with Crippen LogP contribution in [0.15, 0.2) is 5.38 Å². The molecule has 2 nitrogen and oxygen atoms in total. The molecule has 1 aromatic rings. The monoisotopic (exact) mass is 236 g/mol. The van der Waals surface area contributed by atoms with E-state index >= 15 is 0 Å². The van der Waals surface area contributed by atoms with Gasteiger partial charge >= 0.3 is 0 Å². The van der Waals surface area contributed by atoms with Crippen LogP contribution in [0.3, 0.4) is 0 Å². The maximum absolute atomic E-state index is 5.31. The fraction of sp³-hybridized carbons (Fsp3) is 0.615. The molecule has 88 valence electrons. The second kappa shape index (κ2) is 7.43. The average Bonchev–Trinajstić information content (AvgIpc) is 2.68. The van der Waals surface area contributed by atoms with Crippen LogP contribution in [0.4, 0.5) is 0 Å². The summed E-state index contributed by atoms with van der Waals surface area (Å²) in [5.74, 6) is 2.71. The Morgan fingerprint density at radius 2 is 2.44 bits per heavy atom. The summed E-state index contributed by atoms with van der Waals surface area (Å²) < 4.78 is 0. The summed E-state index contributed by atoms with van der Waals surface area (Å²) in [5, 5.41) is 6.85. The van der Waals surface area contributed by atoms with Crippen LogP contribution in [-0.2, 0) is 6.42 Å². The third-order valence-corrected chi connectivity index (χ3v) is 3.40. The molecule has 0 aromatic carbocycles. The highest BCUT2D eigenvalue weighted by atomic mass is 32.1. The third-order valence-electron chi connectivity index (χ3n) is 2.41. The van der Waals surface area contributed by atoms with E-state index in [4.69, 9.17) is 6.42 Å². The molecule has 0 saturated carbocycles. The Bertz CT molecular complexity index is 338. The predicted octanol–water partition coefficient (Wildman–Crippen LogP) is 2.78. The van der Waals surface area contributed by atoms with Crippen LogP contribution in [0.5, 0.6) is 0 Å². The van der Waals surface area contributed by atoms with Crippen LogP contribution in [0.2, 0.25) is 0 Å². The lowest BCUT2D eigenvalue weighted by molar-refractivity contribution is 0.482. The van der Waals surface area contributed by atoms with E-state index in [-0.39, 0.29) is 0 Å². The lowest BCUT2D eigenvalue weighted by Crippen LogP contribution is -2.31. The summed E-state index contributed by atoms with van der Waals surface area (Å²) in [7, 11) is 0. The minimum atomic E-state index is 0.474. The van der Waals surface area contributed by atoms with Gasteiger partial charge in [0.2, 0.25) is 0 Å². The highest BCUT2D eigenvalue weighted by Crippen LogP contribution is 2.13. The molecule has 0 bridgehead atoms. The molecule has 0 fully saturated rings. The van der Waals surface area contributed by atoms with E-state index in [1.807, 2.05) is 6.92 Å². The lowest BCUT2D eigenvalue weighted by Gasteiger charge is -2.15. The third kappa shape index (κ3) is 4.78. The molecule has 0 radical (unpaired) electrons. The molecule has 0 aliphatic heterocycles. The normalized spacial score (nSPS) is 12.3. The Morgan fingerprint density at radius 3 is 3.00 bits per heavy atom. The van der Waals surface area contributed by atoms with Gasteiger partial charge in [0.15, 0.2) is 0 Å². The van der Waals surface area contributed by atoms with Gasteiger partial charge in [0.25, 0.3) is 0 Å². The van der Waals surface area contributed by atoms with Gasteiger partial charge in [-0.05, 0) is 26.3 Å². The molecule has 0 amide bonds. The van der Waals surface area contributed by atoms with Crippen molar-refractivity contribution >= 4 is 11.3 Å². The predicted molar refractivity (Wildman–Crippen MR) is 70.7 cm³/mol. The van der Waals surface area contributed by atoms with Gasteiger partial charge < -0.3 is 5.32 Å². The van der Waals surface area contributed by atoms with Gasteiger partial charge in [0, 0.05) is 30.0 Å². The number of hydrogen-bond acceptors (Lipinski definition) is 3. The van der Waals surface area contributed by atoms with Crippen molar-refractivity contribution in [3.8, 4) is 12.3 Å². The van der Waals surface area contributed by atoms with Gasteiger partial charge in [-0.2, -0.15) is 0 Å². The number of hydrogen-bond donors (Lipinski definition) is 1. The van der Waals surface area contributed by atoms with Gasteiger partial charge in [-0.25, -0.2) is 4.98 Å². The van der Waals surface area contributed by atoms with E-state index in [1.165, 1.54) is 5.01 Å². The quantitative estimate of drug-likeness (QED) is 0.736. The number of nitrogens with one attached hydrogen (secondary N) is 1. The molecule has 16 heavy (non-hydrogen) atoms. The molecule has 1 aromatic heterocycles. The van der Waals surface area contributed by atoms with Crippen LogP contribution in [0, 0.1) is 19.3 Å². The SMILES string of the molecule is C#CCCC(Cc1nc(C)cs1)NCCC. The van der Waals surface area contributed by atoms with Crippen molar-refractivity contribution in [1.82, 2.24) is 10.3 Å². The van der Waals surface area contributed by atoms with E-state index in [9.17, 15) is 0 Å². The number of aromatic nitrogens is 1. The van der Waals surface area contributed by atoms with Crippen LogP contribution in [0.1, 0.15) is 36.9 Å². The van der Waals surface area contributed by atoms with Crippen molar-refractivity contribution in [2.24, 2.45) is 0 Å². The van der Waals surface area contributed by atoms with Crippen LogP contribution in [-0.4, -0.2) is 17.6 Å². The fourth-order valence-corrected chi connectivity index (χ4v) is 2.44. The maximum atomic E-state index is 5.31. The number of terminal acetylenes is 1. The Balaban J connectivity index is 2.45. The standard InChI is InChI=1S/C13H20N2S/c1-4-6-7-12(14-8-5-2)9-13-15-11(3)10-16-13/h1,10,12,14H,5-9H2,2-3H3. The molecule has 1 heterocycles. The maximum Gasteiger partial charge on any atom is 0.0943 e. The molecule has 3 heteroatoms. The molecule has 1 N–H and O–H groups in total. The van der Waals surface area contributed by atoms with Crippen molar-refractivity contribution in [1.29, 1.82) is 0 Å². The van der Waals surface area contributed by atoms with Gasteiger partial charge in [0.05, 0.1) is 5.01 Å². The van der Waals surface area contributed by atoms with Gasteiger partial charge in [-0.3, -0.25) is 0 Å². The fourth-order valence-electron chi connectivity index (χ4n) is 1.59. The van der Waals surface area contributed by atoms with Crippen molar-refractivity contribution < 1.29 is 0 Å². The molecular formula is C13H20N2S. The lowest BCUT2D eigenvalue weighted by atomic mass is 10.1. The zero-order chi connectivity index (χ0) is 11.8. The molecule has 0 saturated heterocycles. The van der Waals surface area contributed by atoms with Crippen LogP contribution in [0.25, 0.3) is 0 Å². The van der Waals surface area contributed by atoms with E-state index < -0.39 is 0 Å². The van der Waals surface area contributed by atoms with E-state index in [1.54, 1.807) is 11.3 Å². The minimum absolute atomic E-state index is 0.474. The smallest absolute Gasteiger partial charge is 0.0943 e. The molecule has 0 spiro atoms. The van der Waals surface area contributed by atoms with Crippen molar-refractivity contribution in [3.05, 3.63) is 16.1 Å². The molecule has 1 rings (SSSR count). The van der Waals surface area contributed by atoms with Gasteiger partial charge in [-0.1, -0.05) is 6.92 Å². The number of nitrogens with zero attached hydrogens (tertiary/aromatic N) is 1. The van der Waals surface area contributed by atoms with Crippen LogP contribution >= 0.6 is 11.3 Å². The number of rotatable bonds is 7. The number of thiazole rings is 1. The zero-order valence-corrected chi connectivity index (χ0v) is 10.9. The first kappa shape index (κ1) is 13.2. The Labute approximate surface area is 102 Å². The van der Waals surface area contributed by atoms with E-state index in [0.29, 0.717) is 6.04 Å². The summed E-state index contributed by atoms with van der Waals surface area (Å²) in [6.07, 6.45) is 9.34. The molecule has 1 unspecified atom stereocenters. The Morgan fingerprint density at radius 1 is 1.62 bits per heavy atom. The average molecular weight is 236 g/mol. The number of aryl methyl sites for hydroxylation is 1. The molecule has 1 atom stereocenters. The zero-order valence-electron chi connectivity index (χ0n) is 10.1. The minimum Gasteiger partial charge on any atom is -0.314 e. The van der Waals surface area contributed by atoms with Gasteiger partial charge in [-0.15, -0.1) is 23.7 Å². The second-order valence-electron chi connectivity index (χ2n) is 3.98. The summed E-state index contributed by atoms with van der Waals surface area (Å²) in [6.45, 7) is 5.27. The highest BCUT2D eigenvalue weighted by molar-refractivity contribution is 7.09. The molecule has 0 aliphatic carbocycles. The largest absolute Gasteiger partial charge is 0.314 e. The van der Waals surface area contributed by atoms with E-state index in [2.05, 4.69) is 28.5 Å². The topological polar surface area (TPSA) is 24.9 Å². The van der Waals surface area contributed by atoms with Crippen molar-refractivity contribution in [2.75, 3.05) is 6.54 Å². The Kier molecular flexibility index (Phi) is 6.14.